The van der Waals surface area contributed by atoms with Crippen LogP contribution >= 0.6 is 11.3 Å². The average Bonchev–Trinajstić information content (AvgIpc) is 3.03. The second-order valence-electron chi connectivity index (χ2n) is 6.22. The normalized spacial score (nSPS) is 27.8. The molecule has 22 heavy (non-hydrogen) atoms. The number of carbonyl (C=O) groups is 1. The summed E-state index contributed by atoms with van der Waals surface area (Å²) in [5, 5.41) is 11.5. The number of rotatable bonds is 5. The van der Waals surface area contributed by atoms with Gasteiger partial charge in [-0.1, -0.05) is 0 Å². The number of primary sulfonamides is 1. The Kier molecular flexibility index (Phi) is 4.54. The molecule has 2 saturated heterocycles. The number of sulfonamides is 1. The van der Waals surface area contributed by atoms with Crippen LogP contribution < -0.4 is 15.8 Å². The molecule has 0 radical (unpaired) electrons. The first-order chi connectivity index (χ1) is 10.4. The van der Waals surface area contributed by atoms with Crippen molar-refractivity contribution >= 4 is 27.3 Å². The molecule has 6 nitrogen and oxygen atoms in total. The highest BCUT2D eigenvalue weighted by molar-refractivity contribution is 7.91. The lowest BCUT2D eigenvalue weighted by molar-refractivity contribution is -0.122. The van der Waals surface area contributed by atoms with E-state index in [0.717, 1.165) is 29.1 Å². The Morgan fingerprint density at radius 1 is 1.32 bits per heavy atom. The summed E-state index contributed by atoms with van der Waals surface area (Å²) in [6.45, 7) is 0.358. The first-order valence-electron chi connectivity index (χ1n) is 7.54. The zero-order valence-corrected chi connectivity index (χ0v) is 13.9. The molecule has 1 aromatic rings. The van der Waals surface area contributed by atoms with Crippen LogP contribution in [0.15, 0.2) is 16.3 Å². The predicted octanol–water partition coefficient (Wildman–Crippen LogP) is 0.932. The molecule has 1 amide bonds. The van der Waals surface area contributed by atoms with Crippen molar-refractivity contribution in [1.82, 2.24) is 10.6 Å². The molecular formula is C14H21N3O3S2. The van der Waals surface area contributed by atoms with E-state index in [-0.39, 0.29) is 10.1 Å². The van der Waals surface area contributed by atoms with Crippen LogP contribution in [0.4, 0.5) is 0 Å². The number of fused-ring (bicyclic) bond motifs is 2. The number of thiophene rings is 1. The lowest BCUT2D eigenvalue weighted by atomic mass is 9.89. The summed E-state index contributed by atoms with van der Waals surface area (Å²) in [7, 11) is -3.65. The fourth-order valence-electron chi connectivity index (χ4n) is 3.47. The standard InChI is InChI=1S/C14H21N3O3S2/c15-22(19,20)14-4-3-12(21-14)8-16-13(18)7-9-5-10-1-2-11(6-9)17-10/h3-4,9-11,17H,1-2,5-8H2,(H,16,18)(H2,15,19,20). The molecule has 4 N–H and O–H groups in total. The molecule has 2 aliphatic rings. The highest BCUT2D eigenvalue weighted by Crippen LogP contribution is 2.32. The van der Waals surface area contributed by atoms with Crippen molar-refractivity contribution in [2.45, 2.75) is 54.9 Å². The third kappa shape index (κ3) is 3.87. The van der Waals surface area contributed by atoms with Crippen LogP contribution in [0.5, 0.6) is 0 Å². The Bertz CT molecular complexity index is 644. The highest BCUT2D eigenvalue weighted by Gasteiger charge is 2.34. The topological polar surface area (TPSA) is 101 Å². The van der Waals surface area contributed by atoms with E-state index in [9.17, 15) is 13.2 Å². The first kappa shape index (κ1) is 15.9. The number of amides is 1. The van der Waals surface area contributed by atoms with Crippen molar-refractivity contribution in [3.8, 4) is 0 Å². The Balaban J connectivity index is 1.47. The van der Waals surface area contributed by atoms with Crippen molar-refractivity contribution in [3.63, 3.8) is 0 Å². The Morgan fingerprint density at radius 3 is 2.59 bits per heavy atom. The summed E-state index contributed by atoms with van der Waals surface area (Å²) in [4.78, 5) is 12.8. The number of nitrogens with one attached hydrogen (secondary N) is 2. The first-order valence-corrected chi connectivity index (χ1v) is 9.90. The van der Waals surface area contributed by atoms with Gasteiger partial charge in [0.15, 0.2) is 0 Å². The van der Waals surface area contributed by atoms with Crippen molar-refractivity contribution in [3.05, 3.63) is 17.0 Å². The number of hydrogen-bond donors (Lipinski definition) is 3. The minimum atomic E-state index is -3.65. The molecule has 2 aliphatic heterocycles. The molecule has 0 spiro atoms. The molecule has 2 unspecified atom stereocenters. The van der Waals surface area contributed by atoms with E-state index in [2.05, 4.69) is 10.6 Å². The van der Waals surface area contributed by atoms with E-state index in [1.165, 1.54) is 18.9 Å². The molecule has 0 saturated carbocycles. The van der Waals surface area contributed by atoms with Crippen LogP contribution in [0.25, 0.3) is 0 Å². The number of hydrogen-bond acceptors (Lipinski definition) is 5. The summed E-state index contributed by atoms with van der Waals surface area (Å²) in [6.07, 6.45) is 5.18. The summed E-state index contributed by atoms with van der Waals surface area (Å²) < 4.78 is 22.5. The molecule has 0 aliphatic carbocycles. The lowest BCUT2D eigenvalue weighted by Crippen LogP contribution is -2.39. The van der Waals surface area contributed by atoms with Gasteiger partial charge in [-0.25, -0.2) is 13.6 Å². The molecule has 3 heterocycles. The smallest absolute Gasteiger partial charge is 0.247 e. The van der Waals surface area contributed by atoms with Gasteiger partial charge in [-0.05, 0) is 43.7 Å². The van der Waals surface area contributed by atoms with Crippen molar-refractivity contribution in [2.24, 2.45) is 11.1 Å². The van der Waals surface area contributed by atoms with Gasteiger partial charge in [0.25, 0.3) is 0 Å². The minimum Gasteiger partial charge on any atom is -0.351 e. The van der Waals surface area contributed by atoms with E-state index >= 15 is 0 Å². The maximum atomic E-state index is 12.1. The number of piperidine rings is 1. The van der Waals surface area contributed by atoms with Gasteiger partial charge in [-0.3, -0.25) is 4.79 Å². The van der Waals surface area contributed by atoms with Crippen LogP contribution in [-0.4, -0.2) is 26.4 Å². The zero-order chi connectivity index (χ0) is 15.7. The monoisotopic (exact) mass is 343 g/mol. The van der Waals surface area contributed by atoms with Gasteiger partial charge in [0.2, 0.25) is 15.9 Å². The quantitative estimate of drug-likeness (QED) is 0.740. The molecule has 2 atom stereocenters. The van der Waals surface area contributed by atoms with Gasteiger partial charge in [-0.15, -0.1) is 11.3 Å². The third-order valence-corrected chi connectivity index (χ3v) is 6.95. The second-order valence-corrected chi connectivity index (χ2v) is 9.18. The summed E-state index contributed by atoms with van der Waals surface area (Å²) >= 11 is 1.10. The fraction of sp³-hybridized carbons (Fsp3) is 0.643. The maximum Gasteiger partial charge on any atom is 0.247 e. The fourth-order valence-corrected chi connectivity index (χ4v) is 5.19. The summed E-state index contributed by atoms with van der Waals surface area (Å²) in [5.74, 6) is 0.499. The molecule has 122 valence electrons. The maximum absolute atomic E-state index is 12.1. The largest absolute Gasteiger partial charge is 0.351 e. The third-order valence-electron chi connectivity index (χ3n) is 4.42. The van der Waals surface area contributed by atoms with Crippen molar-refractivity contribution in [1.29, 1.82) is 0 Å². The SMILES string of the molecule is NS(=O)(=O)c1ccc(CNC(=O)CC2CC3CCC(C2)N3)s1. The van der Waals surface area contributed by atoms with E-state index in [4.69, 9.17) is 5.14 Å². The van der Waals surface area contributed by atoms with E-state index in [0.29, 0.717) is 31.0 Å². The zero-order valence-electron chi connectivity index (χ0n) is 12.2. The summed E-state index contributed by atoms with van der Waals surface area (Å²) in [5.41, 5.74) is 0. The van der Waals surface area contributed by atoms with Crippen molar-refractivity contribution < 1.29 is 13.2 Å². The van der Waals surface area contributed by atoms with Gasteiger partial charge in [0.1, 0.15) is 4.21 Å². The van der Waals surface area contributed by atoms with Crippen LogP contribution in [0.3, 0.4) is 0 Å². The highest BCUT2D eigenvalue weighted by atomic mass is 32.2. The van der Waals surface area contributed by atoms with Gasteiger partial charge in [0, 0.05) is 23.4 Å². The van der Waals surface area contributed by atoms with Gasteiger partial charge in [0.05, 0.1) is 6.54 Å². The van der Waals surface area contributed by atoms with E-state index in [1.807, 2.05) is 0 Å². The number of nitrogens with two attached hydrogens (primary N) is 1. The Morgan fingerprint density at radius 2 is 2.00 bits per heavy atom. The molecule has 2 bridgehead atoms. The van der Waals surface area contributed by atoms with Gasteiger partial charge < -0.3 is 10.6 Å². The Labute approximate surface area is 134 Å². The average molecular weight is 343 g/mol. The molecule has 2 fully saturated rings. The molecule has 8 heteroatoms. The van der Waals surface area contributed by atoms with Crippen LogP contribution in [0.2, 0.25) is 0 Å². The van der Waals surface area contributed by atoms with Crippen LogP contribution in [-0.2, 0) is 21.4 Å². The lowest BCUT2D eigenvalue weighted by Gasteiger charge is -2.28. The molecular weight excluding hydrogens is 322 g/mol. The molecule has 1 aromatic heterocycles. The number of carbonyl (C=O) groups excluding carboxylic acids is 1. The van der Waals surface area contributed by atoms with Gasteiger partial charge in [-0.2, -0.15) is 0 Å². The minimum absolute atomic E-state index is 0.0388. The van der Waals surface area contributed by atoms with Crippen molar-refractivity contribution in [2.75, 3.05) is 0 Å². The second kappa shape index (κ2) is 6.27. The van der Waals surface area contributed by atoms with E-state index in [1.54, 1.807) is 6.07 Å². The van der Waals surface area contributed by atoms with E-state index < -0.39 is 10.0 Å². The van der Waals surface area contributed by atoms with Crippen LogP contribution in [0.1, 0.15) is 37.0 Å². The predicted molar refractivity (Wildman–Crippen MR) is 84.8 cm³/mol. The summed E-state index contributed by atoms with van der Waals surface area (Å²) in [6, 6.07) is 4.35. The molecule has 0 aromatic carbocycles. The van der Waals surface area contributed by atoms with Gasteiger partial charge >= 0.3 is 0 Å². The Hall–Kier alpha value is -0.960. The molecule has 3 rings (SSSR count). The van der Waals surface area contributed by atoms with Crippen LogP contribution in [0, 0.1) is 5.92 Å².